The Morgan fingerprint density at radius 2 is 1.48 bits per heavy atom. The standard InChI is InChI=1S/C18H20N2.ClH/c1-14-12-13-19-18(20-14)17(15-8-4-2-5-9-15)16-10-6-3-7-11-16;/h2-11,14,17H,12-13H2,1H3,(H,19,20);1H. The third kappa shape index (κ3) is 3.64. The van der Waals surface area contributed by atoms with Gasteiger partial charge in [-0.05, 0) is 24.5 Å². The quantitative estimate of drug-likeness (QED) is 0.909. The first-order valence-electron chi connectivity index (χ1n) is 7.25. The highest BCUT2D eigenvalue weighted by Crippen LogP contribution is 2.26. The molecule has 0 fully saturated rings. The van der Waals surface area contributed by atoms with Gasteiger partial charge in [0.05, 0.1) is 5.92 Å². The Kier molecular flexibility index (Phi) is 5.40. The molecule has 1 aliphatic rings. The van der Waals surface area contributed by atoms with E-state index in [-0.39, 0.29) is 18.3 Å². The summed E-state index contributed by atoms with van der Waals surface area (Å²) in [5.74, 6) is 1.31. The zero-order valence-corrected chi connectivity index (χ0v) is 13.0. The molecular weight excluding hydrogens is 280 g/mol. The summed E-state index contributed by atoms with van der Waals surface area (Å²) in [7, 11) is 0. The molecule has 1 aliphatic heterocycles. The Hall–Kier alpha value is -1.80. The first-order valence-corrected chi connectivity index (χ1v) is 7.25. The van der Waals surface area contributed by atoms with E-state index in [4.69, 9.17) is 4.99 Å². The minimum atomic E-state index is 0. The number of aliphatic imine (C=N–C) groups is 1. The number of benzene rings is 2. The molecule has 0 bridgehead atoms. The van der Waals surface area contributed by atoms with Crippen molar-refractivity contribution in [3.05, 3.63) is 71.8 Å². The molecule has 0 saturated carbocycles. The molecule has 0 aromatic heterocycles. The van der Waals surface area contributed by atoms with Gasteiger partial charge >= 0.3 is 0 Å². The molecule has 21 heavy (non-hydrogen) atoms. The lowest BCUT2D eigenvalue weighted by Crippen LogP contribution is -2.40. The average Bonchev–Trinajstić information content (AvgIpc) is 2.50. The number of hydrogen-bond acceptors (Lipinski definition) is 2. The Labute approximate surface area is 132 Å². The molecule has 0 aliphatic carbocycles. The maximum Gasteiger partial charge on any atom is 0.109 e. The lowest BCUT2D eigenvalue weighted by atomic mass is 9.89. The third-order valence-electron chi connectivity index (χ3n) is 3.78. The minimum absolute atomic E-state index is 0. The molecular formula is C18H21ClN2. The highest BCUT2D eigenvalue weighted by molar-refractivity contribution is 5.92. The van der Waals surface area contributed by atoms with E-state index in [0.717, 1.165) is 18.8 Å². The van der Waals surface area contributed by atoms with Crippen molar-refractivity contribution in [3.8, 4) is 0 Å². The molecule has 3 heteroatoms. The number of rotatable bonds is 3. The van der Waals surface area contributed by atoms with Crippen molar-refractivity contribution in [2.45, 2.75) is 25.3 Å². The monoisotopic (exact) mass is 300 g/mol. The molecule has 2 nitrogen and oxygen atoms in total. The molecule has 0 amide bonds. The van der Waals surface area contributed by atoms with Gasteiger partial charge in [0, 0.05) is 12.6 Å². The Morgan fingerprint density at radius 3 is 1.95 bits per heavy atom. The van der Waals surface area contributed by atoms with E-state index in [0.29, 0.717) is 6.04 Å². The van der Waals surface area contributed by atoms with E-state index in [1.54, 1.807) is 0 Å². The van der Waals surface area contributed by atoms with Crippen LogP contribution in [-0.4, -0.2) is 18.4 Å². The molecule has 0 spiro atoms. The summed E-state index contributed by atoms with van der Waals surface area (Å²) in [6.45, 7) is 3.14. The highest BCUT2D eigenvalue weighted by Gasteiger charge is 2.23. The van der Waals surface area contributed by atoms with Gasteiger partial charge < -0.3 is 5.32 Å². The van der Waals surface area contributed by atoms with E-state index in [2.05, 4.69) is 72.9 Å². The highest BCUT2D eigenvalue weighted by atomic mass is 35.5. The van der Waals surface area contributed by atoms with Gasteiger partial charge in [0.1, 0.15) is 5.84 Å². The predicted octanol–water partition coefficient (Wildman–Crippen LogP) is 4.02. The second kappa shape index (κ2) is 7.28. The van der Waals surface area contributed by atoms with Crippen LogP contribution in [0.4, 0.5) is 0 Å². The summed E-state index contributed by atoms with van der Waals surface area (Å²) in [6, 6.07) is 21.7. The number of hydrogen-bond donors (Lipinski definition) is 1. The molecule has 2 aromatic carbocycles. The smallest absolute Gasteiger partial charge is 0.109 e. The van der Waals surface area contributed by atoms with E-state index >= 15 is 0 Å². The molecule has 1 atom stereocenters. The molecule has 1 N–H and O–H groups in total. The maximum absolute atomic E-state index is 4.74. The molecule has 1 heterocycles. The van der Waals surface area contributed by atoms with Crippen molar-refractivity contribution in [2.75, 3.05) is 6.54 Å². The molecule has 0 radical (unpaired) electrons. The van der Waals surface area contributed by atoms with Crippen molar-refractivity contribution in [3.63, 3.8) is 0 Å². The van der Waals surface area contributed by atoms with Crippen LogP contribution >= 0.6 is 12.4 Å². The zero-order chi connectivity index (χ0) is 13.8. The van der Waals surface area contributed by atoms with Crippen LogP contribution in [0.1, 0.15) is 30.4 Å². The van der Waals surface area contributed by atoms with Gasteiger partial charge in [-0.25, -0.2) is 0 Å². The largest absolute Gasteiger partial charge is 0.371 e. The van der Waals surface area contributed by atoms with Crippen molar-refractivity contribution >= 4 is 18.2 Å². The number of nitrogens with one attached hydrogen (secondary N) is 1. The van der Waals surface area contributed by atoms with Crippen molar-refractivity contribution < 1.29 is 0 Å². The van der Waals surface area contributed by atoms with Crippen LogP contribution in [-0.2, 0) is 0 Å². The summed E-state index contributed by atoms with van der Waals surface area (Å²) in [5, 5.41) is 3.56. The van der Waals surface area contributed by atoms with Gasteiger partial charge in [0.2, 0.25) is 0 Å². The van der Waals surface area contributed by atoms with Gasteiger partial charge in [-0.2, -0.15) is 0 Å². The average molecular weight is 301 g/mol. The van der Waals surface area contributed by atoms with Crippen LogP contribution in [0.2, 0.25) is 0 Å². The van der Waals surface area contributed by atoms with Crippen molar-refractivity contribution in [1.82, 2.24) is 5.32 Å². The molecule has 0 saturated heterocycles. The Morgan fingerprint density at radius 1 is 0.952 bits per heavy atom. The first kappa shape index (κ1) is 15.6. The normalized spacial score (nSPS) is 17.6. The second-order valence-electron chi connectivity index (χ2n) is 5.36. The number of nitrogens with zero attached hydrogens (tertiary/aromatic N) is 1. The van der Waals surface area contributed by atoms with Crippen LogP contribution in [0.25, 0.3) is 0 Å². The lowest BCUT2D eigenvalue weighted by molar-refractivity contribution is 0.576. The predicted molar refractivity (Wildman–Crippen MR) is 91.5 cm³/mol. The van der Waals surface area contributed by atoms with Gasteiger partial charge in [0.25, 0.3) is 0 Å². The fourth-order valence-electron chi connectivity index (χ4n) is 2.72. The van der Waals surface area contributed by atoms with Crippen LogP contribution < -0.4 is 5.32 Å². The maximum atomic E-state index is 4.74. The van der Waals surface area contributed by atoms with Gasteiger partial charge in [-0.1, -0.05) is 60.7 Å². The molecule has 2 aromatic rings. The van der Waals surface area contributed by atoms with Crippen molar-refractivity contribution in [1.29, 1.82) is 0 Å². The summed E-state index contributed by atoms with van der Waals surface area (Å²) < 4.78 is 0. The topological polar surface area (TPSA) is 24.4 Å². The summed E-state index contributed by atoms with van der Waals surface area (Å²) in [6.07, 6.45) is 1.11. The van der Waals surface area contributed by atoms with Gasteiger partial charge in [-0.3, -0.25) is 4.99 Å². The summed E-state index contributed by atoms with van der Waals surface area (Å²) in [4.78, 5) is 4.74. The first-order chi connectivity index (χ1) is 9.84. The third-order valence-corrected chi connectivity index (χ3v) is 3.78. The van der Waals surface area contributed by atoms with E-state index < -0.39 is 0 Å². The van der Waals surface area contributed by atoms with Crippen LogP contribution in [0, 0.1) is 0 Å². The molecule has 3 rings (SSSR count). The zero-order valence-electron chi connectivity index (χ0n) is 12.2. The Balaban J connectivity index is 0.00000161. The van der Waals surface area contributed by atoms with Gasteiger partial charge in [0.15, 0.2) is 0 Å². The SMILES string of the molecule is CC1CCN=C(C(c2ccccc2)c2ccccc2)N1.Cl. The van der Waals surface area contributed by atoms with Crippen LogP contribution in [0.5, 0.6) is 0 Å². The number of halogens is 1. The van der Waals surface area contributed by atoms with E-state index in [1.165, 1.54) is 11.1 Å². The number of amidine groups is 1. The Bertz CT molecular complexity index is 541. The summed E-state index contributed by atoms with van der Waals surface area (Å²) >= 11 is 0. The van der Waals surface area contributed by atoms with Gasteiger partial charge in [-0.15, -0.1) is 12.4 Å². The molecule has 1 unspecified atom stereocenters. The van der Waals surface area contributed by atoms with Crippen molar-refractivity contribution in [2.24, 2.45) is 4.99 Å². The van der Waals surface area contributed by atoms with E-state index in [1.807, 2.05) is 0 Å². The molecule has 110 valence electrons. The van der Waals surface area contributed by atoms with Crippen LogP contribution in [0.15, 0.2) is 65.7 Å². The fourth-order valence-corrected chi connectivity index (χ4v) is 2.72. The van der Waals surface area contributed by atoms with Crippen LogP contribution in [0.3, 0.4) is 0 Å². The lowest BCUT2D eigenvalue weighted by Gasteiger charge is -2.28. The van der Waals surface area contributed by atoms with E-state index in [9.17, 15) is 0 Å². The summed E-state index contributed by atoms with van der Waals surface area (Å²) in [5.41, 5.74) is 2.58. The fraction of sp³-hybridized carbons (Fsp3) is 0.278. The minimum Gasteiger partial charge on any atom is -0.371 e. The second-order valence-corrected chi connectivity index (χ2v) is 5.36.